The van der Waals surface area contributed by atoms with Gasteiger partial charge in [0.05, 0.1) is 0 Å². The molecule has 1 atom stereocenters. The molecule has 1 unspecified atom stereocenters. The average Bonchev–Trinajstić information content (AvgIpc) is 2.41. The van der Waals surface area contributed by atoms with E-state index in [1.54, 1.807) is 12.7 Å². The molecule has 0 heterocycles. The minimum Gasteiger partial charge on any atom is -0.536 e. The normalized spacial score (nSPS) is 11.3. The zero-order valence-electron chi connectivity index (χ0n) is 16.1. The van der Waals surface area contributed by atoms with Crippen molar-refractivity contribution in [2.24, 2.45) is 0 Å². The standard InChI is InChI=1S/C12H18.C5H8O2P.CH3.2Y/c1-7-8(2)10(4)12(6)11(5)9(7)3;1-5(7)8(2,3)4-6;;;/h1-6H3;2H2,1,3H3;1H3;;/q;2*-1;;. The van der Waals surface area contributed by atoms with Crippen LogP contribution in [0.4, 0.5) is 0 Å². The molecule has 1 aromatic rings. The maximum Gasteiger partial charge on any atom is 0.125 e. The van der Waals surface area contributed by atoms with E-state index >= 15 is 0 Å². The van der Waals surface area contributed by atoms with Crippen LogP contribution in [0.15, 0.2) is 0 Å². The van der Waals surface area contributed by atoms with Crippen molar-refractivity contribution < 1.29 is 75.0 Å². The Morgan fingerprint density at radius 1 is 0.826 bits per heavy atom. The van der Waals surface area contributed by atoms with Crippen LogP contribution < -0.4 is 0 Å². The first kappa shape index (κ1) is 31.8. The van der Waals surface area contributed by atoms with Crippen molar-refractivity contribution in [1.82, 2.24) is 0 Å². The van der Waals surface area contributed by atoms with Gasteiger partial charge in [-0.15, -0.1) is 6.30 Å². The molecule has 0 aliphatic rings. The predicted octanol–water partition coefficient (Wildman–Crippen LogP) is 4.66. The summed E-state index contributed by atoms with van der Waals surface area (Å²) in [7, 11) is 0. The first-order chi connectivity index (χ1) is 8.97. The van der Waals surface area contributed by atoms with E-state index in [-0.39, 0.29) is 78.4 Å². The Balaban J connectivity index is -0.000000148. The van der Waals surface area contributed by atoms with E-state index in [1.807, 2.05) is 0 Å². The molecule has 5 heteroatoms. The Hall–Kier alpha value is 1.07. The minimum atomic E-state index is -2.19. The Morgan fingerprint density at radius 3 is 1.04 bits per heavy atom. The van der Waals surface area contributed by atoms with E-state index in [2.05, 4.69) is 47.8 Å². The SMILES string of the molecule is C=P(C)([C-]=O)C(C)=O.Cc1c(C)c(C)c(C)c(C)c1C.[CH3-].[Y].[Y]. The van der Waals surface area contributed by atoms with Crippen LogP contribution in [0.5, 0.6) is 0 Å². The number of carbonyl (C=O) groups is 1. The topological polar surface area (TPSA) is 34.1 Å². The number of hydrogen-bond donors (Lipinski definition) is 0. The molecule has 1 rings (SSSR count). The molecule has 126 valence electrons. The third kappa shape index (κ3) is 8.82. The van der Waals surface area contributed by atoms with Gasteiger partial charge in [0.25, 0.3) is 0 Å². The van der Waals surface area contributed by atoms with Crippen molar-refractivity contribution in [3.8, 4) is 0 Å². The van der Waals surface area contributed by atoms with Gasteiger partial charge in [0.1, 0.15) is 5.52 Å². The average molecular weight is 486 g/mol. The second-order valence-corrected chi connectivity index (χ2v) is 8.75. The summed E-state index contributed by atoms with van der Waals surface area (Å²) in [6.07, 6.45) is 3.43. The summed E-state index contributed by atoms with van der Waals surface area (Å²) in [6, 6.07) is 1.64. The summed E-state index contributed by atoms with van der Waals surface area (Å²) in [5.41, 5.74) is 8.58. The number of hydrogen-bond acceptors (Lipinski definition) is 2. The van der Waals surface area contributed by atoms with Crippen LogP contribution in [-0.4, -0.2) is 24.5 Å². The molecule has 0 N–H and O–H groups in total. The second-order valence-electron chi connectivity index (χ2n) is 5.55. The number of carbonyl (C=O) groups excluding carboxylic acids is 2. The molecule has 0 aromatic heterocycles. The van der Waals surface area contributed by atoms with E-state index in [1.165, 1.54) is 40.3 Å². The number of benzene rings is 1. The van der Waals surface area contributed by atoms with Gasteiger partial charge in [0.2, 0.25) is 0 Å². The molecule has 2 radical (unpaired) electrons. The molecule has 0 spiro atoms. The van der Waals surface area contributed by atoms with Gasteiger partial charge in [0.15, 0.2) is 0 Å². The maximum atomic E-state index is 10.4. The van der Waals surface area contributed by atoms with Crippen LogP contribution in [0.2, 0.25) is 0 Å². The van der Waals surface area contributed by atoms with Crippen molar-refractivity contribution in [3.05, 3.63) is 40.8 Å². The van der Waals surface area contributed by atoms with E-state index in [9.17, 15) is 9.59 Å². The minimum absolute atomic E-state index is 0. The summed E-state index contributed by atoms with van der Waals surface area (Å²) in [5, 5.41) is 0. The third-order valence-electron chi connectivity index (χ3n) is 4.27. The third-order valence-corrected chi connectivity index (χ3v) is 6.06. The van der Waals surface area contributed by atoms with Gasteiger partial charge in [-0.2, -0.15) is 6.89 Å². The molecule has 23 heavy (non-hydrogen) atoms. The van der Waals surface area contributed by atoms with Crippen molar-refractivity contribution in [2.45, 2.75) is 48.5 Å². The van der Waals surface area contributed by atoms with Gasteiger partial charge >= 0.3 is 0 Å². The summed E-state index contributed by atoms with van der Waals surface area (Å²) in [6.45, 7) is 14.0. The van der Waals surface area contributed by atoms with E-state index in [4.69, 9.17) is 0 Å². The summed E-state index contributed by atoms with van der Waals surface area (Å²) in [4.78, 5) is 20.3. The van der Waals surface area contributed by atoms with Crippen LogP contribution in [0.25, 0.3) is 0 Å². The van der Waals surface area contributed by atoms with Gasteiger partial charge < -0.3 is 12.2 Å². The molecule has 2 nitrogen and oxygen atoms in total. The summed E-state index contributed by atoms with van der Waals surface area (Å²) < 4.78 is 0. The zero-order valence-corrected chi connectivity index (χ0v) is 22.7. The fraction of sp³-hybridized carbons (Fsp3) is 0.444. The second kappa shape index (κ2) is 13.3. The van der Waals surface area contributed by atoms with Gasteiger partial charge in [-0.1, -0.05) is 6.66 Å². The Bertz CT molecular complexity index is 488. The largest absolute Gasteiger partial charge is 0.536 e. The van der Waals surface area contributed by atoms with E-state index < -0.39 is 6.89 Å². The van der Waals surface area contributed by atoms with E-state index in [0.717, 1.165) is 0 Å². The zero-order chi connectivity index (χ0) is 16.2. The quantitative estimate of drug-likeness (QED) is 0.451. The van der Waals surface area contributed by atoms with Crippen molar-refractivity contribution >= 4 is 24.7 Å². The molecular formula is C18H29O2PY2-2. The van der Waals surface area contributed by atoms with Crippen molar-refractivity contribution in [3.63, 3.8) is 0 Å². The molecule has 0 bridgehead atoms. The molecule has 0 aliphatic carbocycles. The molecule has 0 saturated heterocycles. The first-order valence-electron chi connectivity index (χ1n) is 6.62. The van der Waals surface area contributed by atoms with Crippen molar-refractivity contribution in [2.75, 3.05) is 6.66 Å². The Morgan fingerprint density at radius 2 is 1.00 bits per heavy atom. The fourth-order valence-corrected chi connectivity index (χ4v) is 1.88. The monoisotopic (exact) mass is 486 g/mol. The van der Waals surface area contributed by atoms with Crippen LogP contribution >= 0.6 is 6.89 Å². The smallest absolute Gasteiger partial charge is 0.125 e. The molecule has 0 amide bonds. The molecule has 0 saturated carbocycles. The van der Waals surface area contributed by atoms with Gasteiger partial charge in [0, 0.05) is 65.4 Å². The summed E-state index contributed by atoms with van der Waals surface area (Å²) in [5.74, 6) is 0. The molecule has 1 aromatic carbocycles. The fourth-order valence-electron chi connectivity index (χ4n) is 1.75. The Labute approximate surface area is 193 Å². The van der Waals surface area contributed by atoms with Crippen LogP contribution in [0, 0.1) is 49.0 Å². The molecular weight excluding hydrogens is 457 g/mol. The van der Waals surface area contributed by atoms with Gasteiger partial charge in [-0.25, -0.2) is 6.03 Å². The molecule has 0 aliphatic heterocycles. The van der Waals surface area contributed by atoms with Crippen molar-refractivity contribution in [1.29, 1.82) is 0 Å². The van der Waals surface area contributed by atoms with Gasteiger partial charge in [-0.05, 0) is 81.8 Å². The maximum absolute atomic E-state index is 10.4. The first-order valence-corrected chi connectivity index (χ1v) is 9.04. The van der Waals surface area contributed by atoms with Crippen LogP contribution in [0.1, 0.15) is 40.3 Å². The predicted molar refractivity (Wildman–Crippen MR) is 97.6 cm³/mol. The van der Waals surface area contributed by atoms with Crippen LogP contribution in [-0.2, 0) is 75.0 Å². The summed E-state index contributed by atoms with van der Waals surface area (Å²) >= 11 is 0. The number of rotatable bonds is 2. The van der Waals surface area contributed by atoms with Gasteiger partial charge in [-0.3, -0.25) is 4.79 Å². The Kier molecular flexibility index (Phi) is 18.4. The van der Waals surface area contributed by atoms with E-state index in [0.29, 0.717) is 0 Å². The molecule has 0 fully saturated rings. The van der Waals surface area contributed by atoms with Crippen LogP contribution in [0.3, 0.4) is 0 Å².